The molecule has 0 atom stereocenters. The molecule has 0 aliphatic carbocycles. The van der Waals surface area contributed by atoms with Crippen LogP contribution in [0.2, 0.25) is 5.02 Å². The number of sulfone groups is 1. The van der Waals surface area contributed by atoms with Crippen LogP contribution in [0.15, 0.2) is 17.0 Å². The van der Waals surface area contributed by atoms with Gasteiger partial charge in [-0.05, 0) is 17.7 Å². The summed E-state index contributed by atoms with van der Waals surface area (Å²) < 4.78 is 28.6. The molecule has 0 unspecified atom stereocenters. The van der Waals surface area contributed by atoms with Crippen LogP contribution in [0.1, 0.15) is 29.8 Å². The number of fused-ring (bicyclic) bond motifs is 1. The van der Waals surface area contributed by atoms with E-state index in [0.717, 1.165) is 0 Å². The summed E-state index contributed by atoms with van der Waals surface area (Å²) >= 11 is 6.17. The van der Waals surface area contributed by atoms with Crippen molar-refractivity contribution in [2.75, 3.05) is 12.9 Å². The Hall–Kier alpha value is -1.07. The molecule has 1 aliphatic heterocycles. The van der Waals surface area contributed by atoms with Crippen molar-refractivity contribution in [3.05, 3.63) is 28.3 Å². The van der Waals surface area contributed by atoms with Crippen LogP contribution < -0.4 is 0 Å². The average Bonchev–Trinajstić information content (AvgIpc) is 2.44. The second kappa shape index (κ2) is 3.96. The minimum absolute atomic E-state index is 0.000318. The number of benzene rings is 1. The molecule has 1 aliphatic rings. The van der Waals surface area contributed by atoms with Gasteiger partial charge in [0, 0.05) is 5.41 Å². The molecule has 1 heterocycles. The third-order valence-corrected chi connectivity index (χ3v) is 5.58. The van der Waals surface area contributed by atoms with Gasteiger partial charge in [0.2, 0.25) is 0 Å². The summed E-state index contributed by atoms with van der Waals surface area (Å²) in [5.74, 6) is -0.567. The predicted molar refractivity (Wildman–Crippen MR) is 67.9 cm³/mol. The number of carbonyl (C=O) groups excluding carboxylic acids is 1. The zero-order valence-corrected chi connectivity index (χ0v) is 11.9. The van der Waals surface area contributed by atoms with E-state index in [-0.39, 0.29) is 21.2 Å². The van der Waals surface area contributed by atoms with E-state index in [9.17, 15) is 13.2 Å². The normalized spacial score (nSPS) is 19.3. The minimum Gasteiger partial charge on any atom is -0.465 e. The third kappa shape index (κ3) is 1.82. The van der Waals surface area contributed by atoms with Gasteiger partial charge >= 0.3 is 5.97 Å². The van der Waals surface area contributed by atoms with E-state index in [4.69, 9.17) is 11.6 Å². The molecule has 0 fully saturated rings. The monoisotopic (exact) mass is 288 g/mol. The zero-order chi connectivity index (χ0) is 13.7. The maximum Gasteiger partial charge on any atom is 0.339 e. The van der Waals surface area contributed by atoms with Gasteiger partial charge in [-0.2, -0.15) is 0 Å². The summed E-state index contributed by atoms with van der Waals surface area (Å²) in [5.41, 5.74) is 0.102. The molecule has 4 nitrogen and oxygen atoms in total. The van der Waals surface area contributed by atoms with Gasteiger partial charge in [-0.15, -0.1) is 0 Å². The van der Waals surface area contributed by atoms with Crippen LogP contribution in [0.3, 0.4) is 0 Å². The van der Waals surface area contributed by atoms with Gasteiger partial charge in [0.1, 0.15) is 0 Å². The first-order chi connectivity index (χ1) is 8.20. The summed E-state index contributed by atoms with van der Waals surface area (Å²) in [5, 5.41) is 0.172. The molecular formula is C12H13ClO4S. The van der Waals surface area contributed by atoms with Crippen LogP contribution >= 0.6 is 11.6 Å². The van der Waals surface area contributed by atoms with Crippen molar-refractivity contribution in [3.8, 4) is 0 Å². The number of esters is 1. The Morgan fingerprint density at radius 1 is 1.39 bits per heavy atom. The smallest absolute Gasteiger partial charge is 0.339 e. The van der Waals surface area contributed by atoms with Crippen molar-refractivity contribution < 1.29 is 17.9 Å². The van der Waals surface area contributed by atoms with Crippen molar-refractivity contribution in [1.82, 2.24) is 0 Å². The van der Waals surface area contributed by atoms with E-state index in [1.165, 1.54) is 19.2 Å². The molecule has 18 heavy (non-hydrogen) atoms. The second-order valence-electron chi connectivity index (χ2n) is 4.93. The van der Waals surface area contributed by atoms with Crippen molar-refractivity contribution in [1.29, 1.82) is 0 Å². The van der Waals surface area contributed by atoms with E-state index in [2.05, 4.69) is 4.74 Å². The Kier molecular flexibility index (Phi) is 2.94. The largest absolute Gasteiger partial charge is 0.465 e. The first-order valence-electron chi connectivity index (χ1n) is 5.35. The lowest BCUT2D eigenvalue weighted by atomic mass is 9.86. The number of methoxy groups -OCH3 is 1. The quantitative estimate of drug-likeness (QED) is 0.743. The SMILES string of the molecule is COC(=O)c1ccc2c(c1Cl)C(C)(C)CS2(=O)=O. The number of carbonyl (C=O) groups is 1. The fourth-order valence-corrected chi connectivity index (χ4v) is 5.11. The molecule has 1 aromatic rings. The summed E-state index contributed by atoms with van der Waals surface area (Å²) in [6, 6.07) is 2.82. The lowest BCUT2D eigenvalue weighted by molar-refractivity contribution is 0.0600. The van der Waals surface area contributed by atoms with E-state index in [1.807, 2.05) is 0 Å². The summed E-state index contributed by atoms with van der Waals surface area (Å²) in [6.45, 7) is 3.59. The molecule has 2 rings (SSSR count). The number of halogens is 1. The molecular weight excluding hydrogens is 276 g/mol. The number of hydrogen-bond donors (Lipinski definition) is 0. The van der Waals surface area contributed by atoms with Crippen LogP contribution in [-0.4, -0.2) is 27.2 Å². The van der Waals surface area contributed by atoms with Crippen molar-refractivity contribution in [3.63, 3.8) is 0 Å². The summed E-state index contributed by atoms with van der Waals surface area (Å²) in [4.78, 5) is 11.8. The van der Waals surface area contributed by atoms with Gasteiger partial charge in [0.05, 0.1) is 28.3 Å². The predicted octanol–water partition coefficient (Wildman–Crippen LogP) is 2.19. The highest BCUT2D eigenvalue weighted by molar-refractivity contribution is 7.91. The highest BCUT2D eigenvalue weighted by Gasteiger charge is 2.43. The molecule has 0 amide bonds. The van der Waals surface area contributed by atoms with Crippen LogP contribution in [-0.2, 0) is 20.0 Å². The van der Waals surface area contributed by atoms with E-state index < -0.39 is 21.2 Å². The van der Waals surface area contributed by atoms with E-state index in [1.54, 1.807) is 13.8 Å². The highest BCUT2D eigenvalue weighted by Crippen LogP contribution is 2.44. The molecule has 0 spiro atoms. The zero-order valence-electron chi connectivity index (χ0n) is 10.3. The fourth-order valence-electron chi connectivity index (χ4n) is 2.34. The first kappa shape index (κ1) is 13.4. The fraction of sp³-hybridized carbons (Fsp3) is 0.417. The van der Waals surface area contributed by atoms with Crippen molar-refractivity contribution >= 4 is 27.4 Å². The molecule has 0 bridgehead atoms. The molecule has 0 saturated heterocycles. The molecule has 0 N–H and O–H groups in total. The minimum atomic E-state index is -3.32. The van der Waals surface area contributed by atoms with Crippen molar-refractivity contribution in [2.24, 2.45) is 0 Å². The maximum atomic E-state index is 12.0. The lowest BCUT2D eigenvalue weighted by Gasteiger charge is -2.19. The van der Waals surface area contributed by atoms with Crippen molar-refractivity contribution in [2.45, 2.75) is 24.2 Å². The van der Waals surface area contributed by atoms with E-state index in [0.29, 0.717) is 5.56 Å². The average molecular weight is 289 g/mol. The Morgan fingerprint density at radius 3 is 2.56 bits per heavy atom. The van der Waals surface area contributed by atoms with Gasteiger partial charge in [0.25, 0.3) is 0 Å². The second-order valence-corrected chi connectivity index (χ2v) is 7.27. The van der Waals surface area contributed by atoms with Crippen LogP contribution in [0, 0.1) is 0 Å². The number of rotatable bonds is 1. The standard InChI is InChI=1S/C12H13ClO4S/c1-12(2)6-18(15,16)8-5-4-7(11(14)17-3)10(13)9(8)12/h4-5H,6H2,1-3H3. The topological polar surface area (TPSA) is 60.4 Å². The summed E-state index contributed by atoms with van der Waals surface area (Å²) in [7, 11) is -2.06. The van der Waals surface area contributed by atoms with E-state index >= 15 is 0 Å². The Bertz CT molecular complexity index is 632. The first-order valence-corrected chi connectivity index (χ1v) is 7.38. The third-order valence-electron chi connectivity index (χ3n) is 3.07. The Labute approximate surface area is 111 Å². The molecule has 1 aromatic carbocycles. The van der Waals surface area contributed by atoms with Gasteiger partial charge < -0.3 is 4.74 Å². The molecule has 0 saturated carbocycles. The van der Waals surface area contributed by atoms with Gasteiger partial charge in [0.15, 0.2) is 9.84 Å². The number of ether oxygens (including phenoxy) is 1. The lowest BCUT2D eigenvalue weighted by Crippen LogP contribution is -2.20. The van der Waals surface area contributed by atoms with Gasteiger partial charge in [-0.25, -0.2) is 13.2 Å². The number of hydrogen-bond acceptors (Lipinski definition) is 4. The van der Waals surface area contributed by atoms with Crippen LogP contribution in [0.4, 0.5) is 0 Å². The molecule has 6 heteroatoms. The van der Waals surface area contributed by atoms with Crippen LogP contribution in [0.25, 0.3) is 0 Å². The van der Waals surface area contributed by atoms with Gasteiger partial charge in [-0.1, -0.05) is 25.4 Å². The molecule has 0 aromatic heterocycles. The maximum absolute atomic E-state index is 12.0. The Balaban J connectivity index is 2.78. The van der Waals surface area contributed by atoms with Crippen LogP contribution in [0.5, 0.6) is 0 Å². The van der Waals surface area contributed by atoms with Gasteiger partial charge in [-0.3, -0.25) is 0 Å². The molecule has 98 valence electrons. The molecule has 0 radical (unpaired) electrons. The highest BCUT2D eigenvalue weighted by atomic mass is 35.5. The Morgan fingerprint density at radius 2 is 2.00 bits per heavy atom. The summed E-state index contributed by atoms with van der Waals surface area (Å²) in [6.07, 6.45) is 0.